The molecule has 1 aromatic carbocycles. The van der Waals surface area contributed by atoms with Gasteiger partial charge in [-0.1, -0.05) is 0 Å². The molecule has 1 unspecified atom stereocenters. The van der Waals surface area contributed by atoms with Gasteiger partial charge in [0, 0.05) is 21.7 Å². The van der Waals surface area contributed by atoms with Crippen molar-refractivity contribution in [3.05, 3.63) is 54.1 Å². The quantitative estimate of drug-likeness (QED) is 0.481. The molecule has 0 fully saturated rings. The van der Waals surface area contributed by atoms with Crippen molar-refractivity contribution >= 4 is 34.5 Å². The number of furan rings is 1. The molecule has 1 amide bonds. The van der Waals surface area contributed by atoms with E-state index in [0.717, 1.165) is 27.2 Å². The van der Waals surface area contributed by atoms with Crippen LogP contribution in [0.3, 0.4) is 0 Å². The number of pyridine rings is 1. The molecule has 0 radical (unpaired) electrons. The summed E-state index contributed by atoms with van der Waals surface area (Å²) < 4.78 is 15.2. The summed E-state index contributed by atoms with van der Waals surface area (Å²) >= 11 is 1.43. The monoisotopic (exact) mass is 400 g/mol. The number of methoxy groups -OCH3 is 2. The van der Waals surface area contributed by atoms with Gasteiger partial charge in [0.1, 0.15) is 11.8 Å². The number of hydrogen-bond donors (Lipinski definition) is 1. The molecule has 0 aliphatic carbocycles. The first-order valence-electron chi connectivity index (χ1n) is 8.52. The Morgan fingerprint density at radius 2 is 2.07 bits per heavy atom. The highest BCUT2D eigenvalue weighted by molar-refractivity contribution is 7.99. The molecule has 7 nitrogen and oxygen atoms in total. The molecule has 0 aliphatic rings. The first kappa shape index (κ1) is 19.8. The van der Waals surface area contributed by atoms with Crippen LogP contribution in [0, 0.1) is 6.92 Å². The first-order valence-corrected chi connectivity index (χ1v) is 9.50. The fraction of sp³-hybridized carbons (Fsp3) is 0.250. The lowest BCUT2D eigenvalue weighted by Crippen LogP contribution is -2.43. The fourth-order valence-electron chi connectivity index (χ4n) is 2.67. The van der Waals surface area contributed by atoms with Crippen LogP contribution < -0.4 is 10.1 Å². The van der Waals surface area contributed by atoms with Crippen molar-refractivity contribution in [1.82, 2.24) is 10.3 Å². The normalized spacial score (nSPS) is 11.8. The molecule has 0 aliphatic heterocycles. The van der Waals surface area contributed by atoms with Crippen molar-refractivity contribution < 1.29 is 23.5 Å². The topological polar surface area (TPSA) is 90.7 Å². The van der Waals surface area contributed by atoms with Gasteiger partial charge < -0.3 is 19.2 Å². The zero-order valence-electron chi connectivity index (χ0n) is 15.7. The Hall–Kier alpha value is -3.00. The minimum Gasteiger partial charge on any atom is -0.497 e. The van der Waals surface area contributed by atoms with E-state index in [1.54, 1.807) is 13.2 Å². The molecule has 0 saturated carbocycles. The predicted molar refractivity (Wildman–Crippen MR) is 106 cm³/mol. The number of aryl methyl sites for hydroxylation is 1. The van der Waals surface area contributed by atoms with Crippen molar-refractivity contribution in [3.63, 3.8) is 0 Å². The highest BCUT2D eigenvalue weighted by Crippen LogP contribution is 2.31. The number of aromatic nitrogens is 1. The predicted octanol–water partition coefficient (Wildman–Crippen LogP) is 3.21. The van der Waals surface area contributed by atoms with E-state index in [0.29, 0.717) is 0 Å². The highest BCUT2D eigenvalue weighted by atomic mass is 32.2. The van der Waals surface area contributed by atoms with Gasteiger partial charge in [0.2, 0.25) is 0 Å². The van der Waals surface area contributed by atoms with E-state index in [9.17, 15) is 9.59 Å². The second-order valence-corrected chi connectivity index (χ2v) is 7.04. The Morgan fingerprint density at radius 1 is 1.25 bits per heavy atom. The van der Waals surface area contributed by atoms with Crippen LogP contribution in [0.1, 0.15) is 16.2 Å². The van der Waals surface area contributed by atoms with E-state index in [2.05, 4.69) is 10.3 Å². The molecule has 146 valence electrons. The van der Waals surface area contributed by atoms with E-state index in [1.807, 2.05) is 31.2 Å². The third kappa shape index (κ3) is 4.45. The molecule has 8 heteroatoms. The highest BCUT2D eigenvalue weighted by Gasteiger charge is 2.24. The molecular weight excluding hydrogens is 380 g/mol. The van der Waals surface area contributed by atoms with Crippen LogP contribution in [-0.2, 0) is 9.53 Å². The van der Waals surface area contributed by atoms with Crippen LogP contribution in [0.4, 0.5) is 0 Å². The summed E-state index contributed by atoms with van der Waals surface area (Å²) in [6.07, 6.45) is 1.40. The van der Waals surface area contributed by atoms with E-state index in [1.165, 1.54) is 31.2 Å². The molecule has 1 N–H and O–H groups in total. The molecule has 0 bridgehead atoms. The number of carbonyl (C=O) groups is 2. The van der Waals surface area contributed by atoms with Crippen molar-refractivity contribution in [3.8, 4) is 5.75 Å². The number of hydrogen-bond acceptors (Lipinski definition) is 7. The molecule has 0 saturated heterocycles. The van der Waals surface area contributed by atoms with E-state index in [-0.39, 0.29) is 11.5 Å². The summed E-state index contributed by atoms with van der Waals surface area (Å²) in [5.74, 6) is 0.137. The third-order valence-corrected chi connectivity index (χ3v) is 5.20. The van der Waals surface area contributed by atoms with Gasteiger partial charge in [0.15, 0.2) is 5.76 Å². The molecular formula is C20H20N2O5S. The minimum atomic E-state index is -0.832. The maximum absolute atomic E-state index is 12.2. The Balaban J connectivity index is 1.82. The minimum absolute atomic E-state index is 0.133. The van der Waals surface area contributed by atoms with Gasteiger partial charge in [-0.25, -0.2) is 4.79 Å². The van der Waals surface area contributed by atoms with Crippen LogP contribution in [0.2, 0.25) is 0 Å². The molecule has 1 atom stereocenters. The molecule has 3 aromatic rings. The average Bonchev–Trinajstić information content (AvgIpc) is 3.24. The standard InChI is InChI=1S/C20H20N2O5S/c1-12-9-18(14-10-13(25-2)6-7-15(14)21-12)28-11-16(20(24)26-3)22-19(23)17-5-4-8-27-17/h4-10,16H,11H2,1-3H3,(H,22,23). The van der Waals surface area contributed by atoms with Gasteiger partial charge in [-0.2, -0.15) is 0 Å². The number of esters is 1. The summed E-state index contributed by atoms with van der Waals surface area (Å²) in [7, 11) is 2.89. The summed E-state index contributed by atoms with van der Waals surface area (Å²) in [6.45, 7) is 1.91. The average molecular weight is 400 g/mol. The number of benzene rings is 1. The Labute approximate surface area is 166 Å². The first-order chi connectivity index (χ1) is 13.5. The molecule has 28 heavy (non-hydrogen) atoms. The van der Waals surface area contributed by atoms with Gasteiger partial charge in [-0.15, -0.1) is 11.8 Å². The summed E-state index contributed by atoms with van der Waals surface area (Å²) in [6, 6.07) is 9.89. The smallest absolute Gasteiger partial charge is 0.329 e. The number of ether oxygens (including phenoxy) is 2. The van der Waals surface area contributed by atoms with Gasteiger partial charge >= 0.3 is 5.97 Å². The van der Waals surface area contributed by atoms with Crippen LogP contribution in [0.15, 0.2) is 52.0 Å². The van der Waals surface area contributed by atoms with E-state index >= 15 is 0 Å². The molecule has 0 spiro atoms. The van der Waals surface area contributed by atoms with Crippen LogP contribution in [0.25, 0.3) is 10.9 Å². The lowest BCUT2D eigenvalue weighted by molar-refractivity contribution is -0.142. The van der Waals surface area contributed by atoms with Crippen LogP contribution in [-0.4, -0.2) is 42.9 Å². The van der Waals surface area contributed by atoms with Gasteiger partial charge in [-0.05, 0) is 43.3 Å². The molecule has 3 rings (SSSR count). The third-order valence-electron chi connectivity index (χ3n) is 4.05. The second kappa shape index (κ2) is 8.79. The molecule has 2 aromatic heterocycles. The number of nitrogens with one attached hydrogen (secondary N) is 1. The van der Waals surface area contributed by atoms with Gasteiger partial charge in [0.05, 0.1) is 26.0 Å². The molecule has 2 heterocycles. The Morgan fingerprint density at radius 3 is 2.75 bits per heavy atom. The number of carbonyl (C=O) groups excluding carboxylic acids is 2. The van der Waals surface area contributed by atoms with E-state index < -0.39 is 17.9 Å². The number of amides is 1. The zero-order valence-corrected chi connectivity index (χ0v) is 16.5. The fourth-order valence-corrected chi connectivity index (χ4v) is 3.81. The van der Waals surface area contributed by atoms with E-state index in [4.69, 9.17) is 13.9 Å². The van der Waals surface area contributed by atoms with Crippen molar-refractivity contribution in [2.75, 3.05) is 20.0 Å². The summed E-state index contributed by atoms with van der Waals surface area (Å²) in [5.41, 5.74) is 1.69. The van der Waals surface area contributed by atoms with Crippen LogP contribution in [0.5, 0.6) is 5.75 Å². The maximum atomic E-state index is 12.2. The largest absolute Gasteiger partial charge is 0.497 e. The summed E-state index contributed by atoms with van der Waals surface area (Å²) in [4.78, 5) is 29.9. The summed E-state index contributed by atoms with van der Waals surface area (Å²) in [5, 5.41) is 3.57. The lowest BCUT2D eigenvalue weighted by atomic mass is 10.2. The number of fused-ring (bicyclic) bond motifs is 1. The lowest BCUT2D eigenvalue weighted by Gasteiger charge is -2.16. The van der Waals surface area contributed by atoms with Gasteiger partial charge in [0.25, 0.3) is 5.91 Å². The van der Waals surface area contributed by atoms with Gasteiger partial charge in [-0.3, -0.25) is 9.78 Å². The number of thioether (sulfide) groups is 1. The van der Waals surface area contributed by atoms with Crippen molar-refractivity contribution in [2.24, 2.45) is 0 Å². The number of nitrogens with zero attached hydrogens (tertiary/aromatic N) is 1. The zero-order chi connectivity index (χ0) is 20.1. The SMILES string of the molecule is COC(=O)C(CSc1cc(C)nc2ccc(OC)cc12)NC(=O)c1ccco1. The van der Waals surface area contributed by atoms with Crippen LogP contribution >= 0.6 is 11.8 Å². The maximum Gasteiger partial charge on any atom is 0.329 e. The number of rotatable bonds is 7. The Bertz CT molecular complexity index is 988. The van der Waals surface area contributed by atoms with Crippen molar-refractivity contribution in [1.29, 1.82) is 0 Å². The second-order valence-electron chi connectivity index (χ2n) is 5.98. The Kier molecular flexibility index (Phi) is 6.20. The van der Waals surface area contributed by atoms with Crippen molar-refractivity contribution in [2.45, 2.75) is 17.9 Å².